The molecule has 154 valence electrons. The number of imide groups is 1. The number of benzene rings is 2. The number of sulfonamides is 1. The Hall–Kier alpha value is -2.75. The molecule has 1 aliphatic heterocycles. The van der Waals surface area contributed by atoms with Crippen molar-refractivity contribution in [3.63, 3.8) is 0 Å². The van der Waals surface area contributed by atoms with E-state index in [2.05, 4.69) is 0 Å². The van der Waals surface area contributed by atoms with Gasteiger partial charge < -0.3 is 10.1 Å². The molecule has 0 unspecified atom stereocenters. The zero-order valence-corrected chi connectivity index (χ0v) is 16.9. The number of amides is 2. The molecule has 1 aliphatic rings. The lowest BCUT2D eigenvalue weighted by Gasteiger charge is -2.15. The lowest BCUT2D eigenvalue weighted by molar-refractivity contribution is -0.674. The number of anilines is 1. The van der Waals surface area contributed by atoms with E-state index in [0.29, 0.717) is 31.0 Å². The molecule has 0 radical (unpaired) electrons. The van der Waals surface area contributed by atoms with Gasteiger partial charge in [-0.2, -0.15) is 0 Å². The van der Waals surface area contributed by atoms with Gasteiger partial charge in [0.25, 0.3) is 5.91 Å². The Morgan fingerprint density at radius 3 is 2.34 bits per heavy atom. The van der Waals surface area contributed by atoms with Crippen LogP contribution in [0.1, 0.15) is 18.9 Å². The third-order valence-electron chi connectivity index (χ3n) is 4.72. The summed E-state index contributed by atoms with van der Waals surface area (Å²) in [6, 6.07) is 12.7. The molecular weight excluding hydrogens is 394 g/mol. The maximum Gasteiger partial charge on any atom is 0.292 e. The van der Waals surface area contributed by atoms with E-state index in [1.807, 2.05) is 12.2 Å². The van der Waals surface area contributed by atoms with Gasteiger partial charge in [0, 0.05) is 6.42 Å². The average Bonchev–Trinajstić information content (AvgIpc) is 2.96. The van der Waals surface area contributed by atoms with Crippen LogP contribution in [0, 0.1) is 0 Å². The third-order valence-corrected chi connectivity index (χ3v) is 5.65. The molecule has 0 saturated carbocycles. The molecule has 29 heavy (non-hydrogen) atoms. The van der Waals surface area contributed by atoms with E-state index in [4.69, 9.17) is 9.88 Å². The molecule has 0 bridgehead atoms. The summed E-state index contributed by atoms with van der Waals surface area (Å²) in [7, 11) is -3.71. The van der Waals surface area contributed by atoms with Crippen LogP contribution in [0.3, 0.4) is 0 Å². The number of ether oxygens (including phenoxy) is 1. The number of hydrogen-bond donors (Lipinski definition) is 2. The largest absolute Gasteiger partial charge is 0.494 e. The Labute approximate surface area is 169 Å². The first-order chi connectivity index (χ1) is 13.8. The highest BCUT2D eigenvalue weighted by atomic mass is 32.2. The molecule has 1 saturated heterocycles. The summed E-state index contributed by atoms with van der Waals surface area (Å²) in [6.07, 6.45) is 0.780. The van der Waals surface area contributed by atoms with E-state index in [1.165, 1.54) is 17.0 Å². The van der Waals surface area contributed by atoms with Crippen LogP contribution < -0.4 is 20.1 Å². The van der Waals surface area contributed by atoms with Crippen molar-refractivity contribution < 1.29 is 28.1 Å². The van der Waals surface area contributed by atoms with Crippen LogP contribution >= 0.6 is 0 Å². The molecule has 3 rings (SSSR count). The number of primary sulfonamides is 1. The molecule has 0 aromatic heterocycles. The van der Waals surface area contributed by atoms with Gasteiger partial charge in [-0.3, -0.25) is 9.59 Å². The van der Waals surface area contributed by atoms with Crippen molar-refractivity contribution in [3.05, 3.63) is 54.1 Å². The van der Waals surface area contributed by atoms with Crippen LogP contribution in [0.2, 0.25) is 0 Å². The standard InChI is InChI=1S/C20H23N3O5S/c1-2-28-16-7-5-15(6-8-16)23-19(24)13-18(20(23)25)22-12-11-14-3-9-17(10-4-14)29(21,26)27/h3-10,18,22H,2,11-13H2,1H3,(H2,21,26,27)/p+1/t18-/m1/s1. The molecule has 8 nitrogen and oxygen atoms in total. The summed E-state index contributed by atoms with van der Waals surface area (Å²) in [5.74, 6) is 0.230. The van der Waals surface area contributed by atoms with E-state index < -0.39 is 16.1 Å². The predicted molar refractivity (Wildman–Crippen MR) is 107 cm³/mol. The molecule has 0 spiro atoms. The number of carbonyl (C=O) groups excluding carboxylic acids is 2. The van der Waals surface area contributed by atoms with Crippen LogP contribution in [-0.4, -0.2) is 39.4 Å². The predicted octanol–water partition coefficient (Wildman–Crippen LogP) is 0.171. The average molecular weight is 418 g/mol. The van der Waals surface area contributed by atoms with Crippen LogP contribution in [-0.2, 0) is 26.0 Å². The fraction of sp³-hybridized carbons (Fsp3) is 0.300. The molecule has 1 heterocycles. The fourth-order valence-electron chi connectivity index (χ4n) is 3.27. The van der Waals surface area contributed by atoms with E-state index in [0.717, 1.165) is 5.56 Å². The first-order valence-corrected chi connectivity index (χ1v) is 10.9. The van der Waals surface area contributed by atoms with Gasteiger partial charge in [0.1, 0.15) is 5.75 Å². The summed E-state index contributed by atoms with van der Waals surface area (Å²) in [5, 5.41) is 6.94. The summed E-state index contributed by atoms with van der Waals surface area (Å²) in [4.78, 5) is 26.3. The lowest BCUT2D eigenvalue weighted by Crippen LogP contribution is -2.92. The van der Waals surface area contributed by atoms with Crippen LogP contribution in [0.4, 0.5) is 5.69 Å². The zero-order chi connectivity index (χ0) is 21.0. The van der Waals surface area contributed by atoms with Crippen molar-refractivity contribution in [1.82, 2.24) is 0 Å². The van der Waals surface area contributed by atoms with Crippen molar-refractivity contribution in [3.8, 4) is 5.75 Å². The molecule has 2 aromatic rings. The Bertz CT molecular complexity index is 988. The number of quaternary nitrogens is 1. The second-order valence-electron chi connectivity index (χ2n) is 6.77. The third kappa shape index (κ3) is 5.00. The van der Waals surface area contributed by atoms with E-state index in [9.17, 15) is 18.0 Å². The number of nitrogens with two attached hydrogens (primary N) is 2. The molecule has 4 N–H and O–H groups in total. The van der Waals surface area contributed by atoms with Crippen molar-refractivity contribution in [2.24, 2.45) is 5.14 Å². The van der Waals surface area contributed by atoms with E-state index in [-0.39, 0.29) is 23.1 Å². The van der Waals surface area contributed by atoms with Gasteiger partial charge in [0.05, 0.1) is 30.2 Å². The second kappa shape index (κ2) is 8.73. The van der Waals surface area contributed by atoms with Crippen LogP contribution in [0.15, 0.2) is 53.4 Å². The second-order valence-corrected chi connectivity index (χ2v) is 8.33. The maximum atomic E-state index is 12.7. The van der Waals surface area contributed by atoms with Gasteiger partial charge in [-0.25, -0.2) is 18.5 Å². The summed E-state index contributed by atoms with van der Waals surface area (Å²) >= 11 is 0. The molecular formula is C20H24N3O5S+. The smallest absolute Gasteiger partial charge is 0.292 e. The van der Waals surface area contributed by atoms with Crippen molar-refractivity contribution in [1.29, 1.82) is 0 Å². The van der Waals surface area contributed by atoms with Gasteiger partial charge in [-0.05, 0) is 48.9 Å². The first-order valence-electron chi connectivity index (χ1n) is 9.34. The first kappa shape index (κ1) is 21.0. The minimum absolute atomic E-state index is 0.0628. The molecule has 2 aromatic carbocycles. The van der Waals surface area contributed by atoms with Crippen molar-refractivity contribution in [2.45, 2.75) is 30.7 Å². The Morgan fingerprint density at radius 1 is 1.10 bits per heavy atom. The van der Waals surface area contributed by atoms with Crippen molar-refractivity contribution >= 4 is 27.5 Å². The van der Waals surface area contributed by atoms with Gasteiger partial charge in [-0.1, -0.05) is 12.1 Å². The molecule has 2 amide bonds. The molecule has 0 aliphatic carbocycles. The highest BCUT2D eigenvalue weighted by Gasteiger charge is 2.42. The maximum absolute atomic E-state index is 12.7. The molecule has 1 atom stereocenters. The highest BCUT2D eigenvalue weighted by molar-refractivity contribution is 7.89. The summed E-state index contributed by atoms with van der Waals surface area (Å²) in [5.41, 5.74) is 1.46. The Balaban J connectivity index is 1.57. The Kier molecular flexibility index (Phi) is 6.31. The van der Waals surface area contributed by atoms with Gasteiger partial charge >= 0.3 is 0 Å². The van der Waals surface area contributed by atoms with Crippen LogP contribution in [0.5, 0.6) is 5.75 Å². The lowest BCUT2D eigenvalue weighted by atomic mass is 10.1. The van der Waals surface area contributed by atoms with Gasteiger partial charge in [-0.15, -0.1) is 0 Å². The number of hydrogen-bond acceptors (Lipinski definition) is 5. The fourth-order valence-corrected chi connectivity index (χ4v) is 3.78. The van der Waals surface area contributed by atoms with Gasteiger partial charge in [0.15, 0.2) is 6.04 Å². The number of rotatable bonds is 8. The minimum Gasteiger partial charge on any atom is -0.494 e. The normalized spacial score (nSPS) is 17.0. The summed E-state index contributed by atoms with van der Waals surface area (Å²) < 4.78 is 28.0. The van der Waals surface area contributed by atoms with Gasteiger partial charge in [0.2, 0.25) is 15.9 Å². The summed E-state index contributed by atoms with van der Waals surface area (Å²) in [6.45, 7) is 3.02. The van der Waals surface area contributed by atoms with E-state index >= 15 is 0 Å². The monoisotopic (exact) mass is 418 g/mol. The number of nitrogens with zero attached hydrogens (tertiary/aromatic N) is 1. The zero-order valence-electron chi connectivity index (χ0n) is 16.1. The topological polar surface area (TPSA) is 123 Å². The SMILES string of the molecule is CCOc1ccc(N2C(=O)C[C@@H]([NH2+]CCc3ccc(S(N)(=O)=O)cc3)C2=O)cc1. The molecule has 1 fully saturated rings. The van der Waals surface area contributed by atoms with Crippen molar-refractivity contribution in [2.75, 3.05) is 18.1 Å². The Morgan fingerprint density at radius 2 is 1.76 bits per heavy atom. The quantitative estimate of drug-likeness (QED) is 0.592. The highest BCUT2D eigenvalue weighted by Crippen LogP contribution is 2.24. The van der Waals surface area contributed by atoms with E-state index in [1.54, 1.807) is 36.4 Å². The molecule has 9 heteroatoms. The minimum atomic E-state index is -3.71. The van der Waals surface area contributed by atoms with Crippen LogP contribution in [0.25, 0.3) is 0 Å². The number of carbonyl (C=O) groups is 2.